The fraction of sp³-hybridized carbons (Fsp3) is 0.962. The lowest BCUT2D eigenvalue weighted by Crippen LogP contribution is -2.70. The van der Waals surface area contributed by atoms with Gasteiger partial charge in [0.15, 0.2) is 25.2 Å². The van der Waals surface area contributed by atoms with Gasteiger partial charge in [-0.15, -0.1) is 0 Å². The summed E-state index contributed by atoms with van der Waals surface area (Å²) in [7, 11) is 0. The third-order valence-electron chi connectivity index (χ3n) is 8.85. The molecule has 0 radical (unpaired) electrons. The van der Waals surface area contributed by atoms with Gasteiger partial charge in [0.25, 0.3) is 0 Å². The normalized spacial score (nSPS) is 50.2. The minimum atomic E-state index is -1.71. The van der Waals surface area contributed by atoms with Crippen LogP contribution in [-0.4, -0.2) is 206 Å². The van der Waals surface area contributed by atoms with E-state index in [2.05, 4.69) is 5.32 Å². The predicted molar refractivity (Wildman–Crippen MR) is 151 cm³/mol. The lowest BCUT2D eigenvalue weighted by Gasteiger charge is -2.49. The molecule has 0 spiro atoms. The average Bonchev–Trinajstić information content (AvgIpc) is 3.06. The van der Waals surface area contributed by atoms with Crippen LogP contribution in [0.1, 0.15) is 6.92 Å². The number of hydrogen-bond donors (Lipinski definition) is 14. The van der Waals surface area contributed by atoms with E-state index >= 15 is 0 Å². The maximum absolute atomic E-state index is 11.6. The van der Waals surface area contributed by atoms with E-state index in [0.717, 1.165) is 6.92 Å². The van der Waals surface area contributed by atoms with E-state index in [0.29, 0.717) is 0 Å². The summed E-state index contributed by atoms with van der Waals surface area (Å²) in [5, 5.41) is 105. The van der Waals surface area contributed by atoms with E-state index in [9.17, 15) is 55.9 Å². The summed E-state index contributed by atoms with van der Waals surface area (Å²) in [6.07, 6.45) is -24.2. The van der Waals surface area contributed by atoms with Crippen molar-refractivity contribution in [2.24, 2.45) is 17.2 Å². The van der Waals surface area contributed by atoms with Crippen LogP contribution in [0.2, 0.25) is 0 Å². The molecule has 4 rings (SSSR count). The van der Waals surface area contributed by atoms with Gasteiger partial charge < -0.3 is 107 Å². The monoisotopic (exact) mass is 704 g/mol. The lowest BCUT2D eigenvalue weighted by atomic mass is 9.94. The SMILES string of the molecule is CC(=O)N[C@@H]1C(O)O[C@@H](CO)C(OC2O[C@@H](CO)C(OC3O[C@@H](CO)C(OC4O[C@H](CO)C(O)[C@@H](O)[C@H]4N)[C@H](O)[C@@H]3N)[C@H](O)[C@@H]2N)[C@@H]1O. The maximum Gasteiger partial charge on any atom is 0.217 e. The van der Waals surface area contributed by atoms with Crippen molar-refractivity contribution in [1.29, 1.82) is 0 Å². The van der Waals surface area contributed by atoms with Crippen molar-refractivity contribution in [2.45, 2.75) is 129 Å². The van der Waals surface area contributed by atoms with Crippen molar-refractivity contribution in [3.8, 4) is 0 Å². The topological polar surface area (TPSA) is 374 Å². The number of carbonyl (C=O) groups is 1. The molecule has 4 heterocycles. The van der Waals surface area contributed by atoms with Gasteiger partial charge in [-0.2, -0.15) is 0 Å². The third kappa shape index (κ3) is 8.08. The van der Waals surface area contributed by atoms with Crippen LogP contribution in [0.3, 0.4) is 0 Å². The first-order valence-corrected chi connectivity index (χ1v) is 15.3. The lowest BCUT2D eigenvalue weighted by molar-refractivity contribution is -0.359. The highest BCUT2D eigenvalue weighted by Crippen LogP contribution is 2.33. The van der Waals surface area contributed by atoms with Crippen molar-refractivity contribution >= 4 is 5.91 Å². The highest BCUT2D eigenvalue weighted by atomic mass is 16.8. The number of ether oxygens (including phenoxy) is 7. The Morgan fingerprint density at radius 3 is 1.31 bits per heavy atom. The molecule has 0 aromatic rings. The van der Waals surface area contributed by atoms with Crippen LogP contribution in [0.4, 0.5) is 0 Å². The van der Waals surface area contributed by atoms with Crippen LogP contribution in [0, 0.1) is 0 Å². The zero-order valence-corrected chi connectivity index (χ0v) is 25.8. The highest BCUT2D eigenvalue weighted by molar-refractivity contribution is 5.73. The van der Waals surface area contributed by atoms with Crippen LogP contribution < -0.4 is 22.5 Å². The van der Waals surface area contributed by atoms with Crippen molar-refractivity contribution < 1.29 is 89.0 Å². The number of carbonyl (C=O) groups excluding carboxylic acids is 1. The Kier molecular flexibility index (Phi) is 13.8. The number of hydrogen-bond acceptors (Lipinski definition) is 21. The Morgan fingerprint density at radius 1 is 0.562 bits per heavy atom. The summed E-state index contributed by atoms with van der Waals surface area (Å²) in [4.78, 5) is 11.6. The van der Waals surface area contributed by atoms with Crippen molar-refractivity contribution in [3.63, 3.8) is 0 Å². The van der Waals surface area contributed by atoms with E-state index in [-0.39, 0.29) is 0 Å². The Morgan fingerprint density at radius 2 is 0.917 bits per heavy atom. The molecular formula is C26H48N4O18. The Balaban J connectivity index is 1.44. The summed E-state index contributed by atoms with van der Waals surface area (Å²) < 4.78 is 39.5. The first-order chi connectivity index (χ1) is 22.7. The van der Waals surface area contributed by atoms with E-state index in [1.54, 1.807) is 0 Å². The van der Waals surface area contributed by atoms with Gasteiger partial charge in [-0.1, -0.05) is 0 Å². The molecule has 8 unspecified atom stereocenters. The van der Waals surface area contributed by atoms with E-state index in [1.807, 2.05) is 0 Å². The third-order valence-corrected chi connectivity index (χ3v) is 8.85. The minimum absolute atomic E-state index is 0.612. The highest BCUT2D eigenvalue weighted by Gasteiger charge is 2.54. The van der Waals surface area contributed by atoms with Crippen LogP contribution >= 0.6 is 0 Å². The maximum atomic E-state index is 11.6. The van der Waals surface area contributed by atoms with Gasteiger partial charge in [-0.25, -0.2) is 0 Å². The molecule has 22 heteroatoms. The molecule has 0 saturated carbocycles. The Bertz CT molecular complexity index is 1030. The molecule has 0 aliphatic carbocycles. The van der Waals surface area contributed by atoms with Gasteiger partial charge in [0.2, 0.25) is 5.91 Å². The minimum Gasteiger partial charge on any atom is -0.394 e. The molecule has 48 heavy (non-hydrogen) atoms. The fourth-order valence-corrected chi connectivity index (χ4v) is 6.09. The number of nitrogens with two attached hydrogens (primary N) is 3. The van der Waals surface area contributed by atoms with E-state index in [1.165, 1.54) is 0 Å². The second kappa shape index (κ2) is 16.8. The molecule has 0 bridgehead atoms. The molecule has 1 amide bonds. The van der Waals surface area contributed by atoms with Gasteiger partial charge in [-0.3, -0.25) is 4.79 Å². The predicted octanol–water partition coefficient (Wildman–Crippen LogP) is -9.71. The van der Waals surface area contributed by atoms with Crippen LogP contribution in [0.25, 0.3) is 0 Å². The number of aliphatic hydroxyl groups excluding tert-OH is 10. The van der Waals surface area contributed by atoms with Gasteiger partial charge in [0.05, 0.1) is 44.6 Å². The molecule has 4 saturated heterocycles. The summed E-state index contributed by atoms with van der Waals surface area (Å²) in [6.45, 7) is -1.88. The number of aliphatic hydroxyl groups is 10. The second-order valence-electron chi connectivity index (χ2n) is 12.1. The van der Waals surface area contributed by atoms with Crippen LogP contribution in [0.5, 0.6) is 0 Å². The van der Waals surface area contributed by atoms with Gasteiger partial charge >= 0.3 is 0 Å². The molecule has 0 aromatic heterocycles. The molecule has 4 fully saturated rings. The van der Waals surface area contributed by atoms with E-state index < -0.39 is 155 Å². The van der Waals surface area contributed by atoms with Crippen LogP contribution in [-0.2, 0) is 38.0 Å². The van der Waals surface area contributed by atoms with Gasteiger partial charge in [0.1, 0.15) is 79.3 Å². The van der Waals surface area contributed by atoms with Gasteiger partial charge in [0, 0.05) is 6.92 Å². The summed E-state index contributed by atoms with van der Waals surface area (Å²) in [6, 6.07) is -5.63. The van der Waals surface area contributed by atoms with Crippen molar-refractivity contribution in [2.75, 3.05) is 26.4 Å². The first-order valence-electron chi connectivity index (χ1n) is 15.3. The zero-order valence-electron chi connectivity index (χ0n) is 25.8. The molecule has 20 atom stereocenters. The van der Waals surface area contributed by atoms with Gasteiger partial charge in [-0.05, 0) is 0 Å². The zero-order chi connectivity index (χ0) is 35.6. The molecule has 280 valence electrons. The number of amides is 1. The Labute approximate surface area is 273 Å². The summed E-state index contributed by atoms with van der Waals surface area (Å²) >= 11 is 0. The number of rotatable bonds is 11. The second-order valence-corrected chi connectivity index (χ2v) is 12.1. The average molecular weight is 705 g/mol. The first kappa shape index (κ1) is 39.5. The Hall–Kier alpha value is -1.33. The standard InChI is InChI=1S/C26H48N4O18/c1-6(35)30-14-19(40)22(8(3-32)42-23(14)41)48-26-13(29)18(39)21(10(5-34)45-26)47-25-12(28)17(38)20(9(4-33)44-25)46-24-11(27)16(37)15(36)7(2-31)43-24/h7-26,31-34,36-41H,2-5,27-29H2,1H3,(H,30,35)/t7-,8+,9+,10+,11-,12+,13+,14+,15?,16+,17-,18-,19-,20?,21?,22?,23?,24?,25?,26?/m1/s1. The fourth-order valence-electron chi connectivity index (χ4n) is 6.09. The molecular weight excluding hydrogens is 656 g/mol. The molecule has 17 N–H and O–H groups in total. The smallest absolute Gasteiger partial charge is 0.217 e. The van der Waals surface area contributed by atoms with Crippen molar-refractivity contribution in [3.05, 3.63) is 0 Å². The van der Waals surface area contributed by atoms with Crippen molar-refractivity contribution in [1.82, 2.24) is 5.32 Å². The van der Waals surface area contributed by atoms with E-state index in [4.69, 9.17) is 50.4 Å². The molecule has 22 nitrogen and oxygen atoms in total. The molecule has 4 aliphatic rings. The largest absolute Gasteiger partial charge is 0.394 e. The molecule has 4 aliphatic heterocycles. The quantitative estimate of drug-likeness (QED) is 0.0949. The number of nitrogens with one attached hydrogen (secondary N) is 1. The molecule has 0 aromatic carbocycles. The van der Waals surface area contributed by atoms with Crippen LogP contribution in [0.15, 0.2) is 0 Å². The summed E-state index contributed by atoms with van der Waals surface area (Å²) in [5.41, 5.74) is 18.3. The summed E-state index contributed by atoms with van der Waals surface area (Å²) in [5.74, 6) is -0.612.